The van der Waals surface area contributed by atoms with Crippen molar-refractivity contribution in [3.8, 4) is 5.75 Å². The molecule has 2 aromatic rings. The Bertz CT molecular complexity index is 717. The monoisotopic (exact) mass is 419 g/mol. The fourth-order valence-electron chi connectivity index (χ4n) is 4.22. The lowest BCUT2D eigenvalue weighted by molar-refractivity contribution is -0.0356. The summed E-state index contributed by atoms with van der Waals surface area (Å²) in [6.45, 7) is 8.48. The number of hydrogen-bond donors (Lipinski definition) is 1. The van der Waals surface area contributed by atoms with E-state index in [1.807, 2.05) is 30.3 Å². The van der Waals surface area contributed by atoms with Gasteiger partial charge in [-0.2, -0.15) is 0 Å². The maximum Gasteiger partial charge on any atom is 0.118 e. The molecule has 1 fully saturated rings. The van der Waals surface area contributed by atoms with Gasteiger partial charge in [-0.3, -0.25) is 4.90 Å². The molecule has 1 saturated heterocycles. The van der Waals surface area contributed by atoms with Gasteiger partial charge in [0.05, 0.1) is 25.9 Å². The second-order valence-corrected chi connectivity index (χ2v) is 8.13. The summed E-state index contributed by atoms with van der Waals surface area (Å²) in [7, 11) is 1.67. The van der Waals surface area contributed by atoms with Gasteiger partial charge < -0.3 is 14.6 Å². The van der Waals surface area contributed by atoms with Crippen LogP contribution in [-0.4, -0.2) is 50.0 Å². The van der Waals surface area contributed by atoms with Crippen molar-refractivity contribution in [1.29, 1.82) is 0 Å². The van der Waals surface area contributed by atoms with Crippen LogP contribution >= 0.6 is 12.4 Å². The van der Waals surface area contributed by atoms with Crippen LogP contribution in [0, 0.1) is 5.92 Å². The van der Waals surface area contributed by atoms with Crippen molar-refractivity contribution in [2.75, 3.05) is 40.0 Å². The Morgan fingerprint density at radius 1 is 1.03 bits per heavy atom. The minimum atomic E-state index is -0.958. The zero-order valence-corrected chi connectivity index (χ0v) is 18.5. The molecule has 0 bridgehead atoms. The van der Waals surface area contributed by atoms with Gasteiger partial charge in [-0.25, -0.2) is 0 Å². The van der Waals surface area contributed by atoms with Gasteiger partial charge in [-0.05, 0) is 35.6 Å². The Hall–Kier alpha value is -1.59. The van der Waals surface area contributed by atoms with Crippen LogP contribution in [0.3, 0.4) is 0 Å². The third-order valence-corrected chi connectivity index (χ3v) is 5.63. The van der Waals surface area contributed by atoms with E-state index in [9.17, 15) is 5.11 Å². The zero-order valence-electron chi connectivity index (χ0n) is 17.7. The van der Waals surface area contributed by atoms with Crippen LogP contribution in [-0.2, 0) is 10.3 Å². The first kappa shape index (κ1) is 23.7. The summed E-state index contributed by atoms with van der Waals surface area (Å²) in [5, 5.41) is 12.2. The number of ether oxygens (including phenoxy) is 2. The van der Waals surface area contributed by atoms with Crippen LogP contribution in [0.1, 0.15) is 37.3 Å². The number of halogens is 1. The largest absolute Gasteiger partial charge is 0.497 e. The van der Waals surface area contributed by atoms with Crippen molar-refractivity contribution in [2.45, 2.75) is 31.8 Å². The van der Waals surface area contributed by atoms with E-state index in [-0.39, 0.29) is 18.3 Å². The molecular formula is C24H34ClNO3. The predicted molar refractivity (Wildman–Crippen MR) is 120 cm³/mol. The summed E-state index contributed by atoms with van der Waals surface area (Å²) in [6.07, 6.45) is 0.698. The number of hydrogen-bond acceptors (Lipinski definition) is 4. The van der Waals surface area contributed by atoms with E-state index in [1.165, 1.54) is 5.56 Å². The van der Waals surface area contributed by atoms with Crippen LogP contribution in [0.25, 0.3) is 0 Å². The van der Waals surface area contributed by atoms with Crippen molar-refractivity contribution in [3.63, 3.8) is 0 Å². The summed E-state index contributed by atoms with van der Waals surface area (Å²) in [5.74, 6) is 1.14. The molecule has 29 heavy (non-hydrogen) atoms. The summed E-state index contributed by atoms with van der Waals surface area (Å²) in [6, 6.07) is 18.3. The lowest BCUT2D eigenvalue weighted by Gasteiger charge is -2.42. The van der Waals surface area contributed by atoms with E-state index >= 15 is 0 Å². The van der Waals surface area contributed by atoms with Crippen LogP contribution in [0.5, 0.6) is 5.75 Å². The first-order chi connectivity index (χ1) is 13.5. The number of aliphatic hydroxyl groups is 1. The van der Waals surface area contributed by atoms with E-state index in [4.69, 9.17) is 9.47 Å². The van der Waals surface area contributed by atoms with Crippen LogP contribution in [0.15, 0.2) is 54.6 Å². The summed E-state index contributed by atoms with van der Waals surface area (Å²) >= 11 is 0. The topological polar surface area (TPSA) is 41.9 Å². The average molecular weight is 420 g/mol. The molecule has 2 atom stereocenters. The Morgan fingerprint density at radius 3 is 2.21 bits per heavy atom. The second kappa shape index (κ2) is 11.0. The number of benzene rings is 2. The van der Waals surface area contributed by atoms with Gasteiger partial charge in [0, 0.05) is 25.6 Å². The molecule has 0 spiro atoms. The Kier molecular flexibility index (Phi) is 8.97. The molecule has 0 radical (unpaired) electrons. The highest BCUT2D eigenvalue weighted by atomic mass is 35.5. The van der Waals surface area contributed by atoms with Gasteiger partial charge in [-0.1, -0.05) is 56.3 Å². The van der Waals surface area contributed by atoms with Crippen molar-refractivity contribution in [1.82, 2.24) is 4.90 Å². The minimum Gasteiger partial charge on any atom is -0.497 e. The Morgan fingerprint density at radius 2 is 1.66 bits per heavy atom. The van der Waals surface area contributed by atoms with Crippen molar-refractivity contribution < 1.29 is 14.6 Å². The predicted octanol–water partition coefficient (Wildman–Crippen LogP) is 4.47. The number of rotatable bonds is 8. The molecule has 3 rings (SSSR count). The molecule has 0 aliphatic carbocycles. The van der Waals surface area contributed by atoms with Gasteiger partial charge in [0.15, 0.2) is 0 Å². The van der Waals surface area contributed by atoms with E-state index in [0.29, 0.717) is 12.3 Å². The fraction of sp³-hybridized carbons (Fsp3) is 0.500. The van der Waals surface area contributed by atoms with Gasteiger partial charge in [0.1, 0.15) is 5.75 Å². The molecular weight excluding hydrogens is 386 g/mol. The summed E-state index contributed by atoms with van der Waals surface area (Å²) in [4.78, 5) is 2.41. The van der Waals surface area contributed by atoms with E-state index < -0.39 is 5.60 Å². The molecule has 2 aromatic carbocycles. The second-order valence-electron chi connectivity index (χ2n) is 8.13. The van der Waals surface area contributed by atoms with E-state index in [2.05, 4.69) is 43.0 Å². The highest BCUT2D eigenvalue weighted by Gasteiger charge is 2.41. The number of methoxy groups -OCH3 is 1. The number of morpholine rings is 1. The first-order valence-electron chi connectivity index (χ1n) is 10.2. The van der Waals surface area contributed by atoms with Gasteiger partial charge in [-0.15, -0.1) is 12.4 Å². The summed E-state index contributed by atoms with van der Waals surface area (Å²) in [5.41, 5.74) is 1.16. The highest BCUT2D eigenvalue weighted by Crippen LogP contribution is 2.43. The third kappa shape index (κ3) is 5.95. The molecule has 0 amide bonds. The third-order valence-electron chi connectivity index (χ3n) is 5.63. The molecule has 1 aliphatic heterocycles. The van der Waals surface area contributed by atoms with Crippen LogP contribution in [0.4, 0.5) is 0 Å². The van der Waals surface area contributed by atoms with Crippen molar-refractivity contribution >= 4 is 12.4 Å². The van der Waals surface area contributed by atoms with Crippen LogP contribution < -0.4 is 4.74 Å². The lowest BCUT2D eigenvalue weighted by atomic mass is 9.72. The lowest BCUT2D eigenvalue weighted by Crippen LogP contribution is -2.45. The Balaban J connectivity index is 0.00000300. The van der Waals surface area contributed by atoms with Crippen molar-refractivity contribution in [2.24, 2.45) is 5.92 Å². The molecule has 160 valence electrons. The first-order valence-corrected chi connectivity index (χ1v) is 10.2. The van der Waals surface area contributed by atoms with Crippen molar-refractivity contribution in [3.05, 3.63) is 65.7 Å². The molecule has 0 aromatic heterocycles. The smallest absolute Gasteiger partial charge is 0.118 e. The molecule has 1 heterocycles. The molecule has 1 aliphatic rings. The molecule has 1 N–H and O–H groups in total. The average Bonchev–Trinajstić information content (AvgIpc) is 2.73. The van der Waals surface area contributed by atoms with Gasteiger partial charge >= 0.3 is 0 Å². The molecule has 2 unspecified atom stereocenters. The maximum absolute atomic E-state index is 12.2. The molecule has 5 heteroatoms. The fourth-order valence-corrected chi connectivity index (χ4v) is 4.22. The molecule has 0 saturated carbocycles. The van der Waals surface area contributed by atoms with Crippen LogP contribution in [0.2, 0.25) is 0 Å². The number of nitrogens with zero attached hydrogens (tertiary/aromatic N) is 1. The minimum absolute atomic E-state index is 0. The highest BCUT2D eigenvalue weighted by molar-refractivity contribution is 5.85. The summed E-state index contributed by atoms with van der Waals surface area (Å²) < 4.78 is 10.9. The molecule has 4 nitrogen and oxygen atoms in total. The van der Waals surface area contributed by atoms with Gasteiger partial charge in [0.25, 0.3) is 0 Å². The standard InChI is InChI=1S/C24H33NO3.ClH/c1-19(2)17-24(26,21-9-11-22(27-3)12-10-21)23(20-7-5-4-6-8-20)18-25-13-15-28-16-14-25;/h4-12,19,23,26H,13-18H2,1-3H3;1H. The van der Waals surface area contributed by atoms with Gasteiger partial charge in [0.2, 0.25) is 0 Å². The Labute approximate surface area is 181 Å². The quantitative estimate of drug-likeness (QED) is 0.685. The SMILES string of the molecule is COc1ccc(C(O)(CC(C)C)C(CN2CCOCC2)c2ccccc2)cc1.Cl. The normalized spacial score (nSPS) is 18.0. The van der Waals surface area contributed by atoms with E-state index in [1.54, 1.807) is 7.11 Å². The van der Waals surface area contributed by atoms with E-state index in [0.717, 1.165) is 44.2 Å². The maximum atomic E-state index is 12.2. The zero-order chi connectivity index (χ0) is 20.0.